The van der Waals surface area contributed by atoms with Crippen LogP contribution in [0.3, 0.4) is 0 Å². The molecule has 9 heteroatoms. The van der Waals surface area contributed by atoms with E-state index in [2.05, 4.69) is 39.5 Å². The largest absolute Gasteiger partial charge is 0.383 e. The maximum absolute atomic E-state index is 12.3. The smallest absolute Gasteiger partial charge is 0.250 e. The molecule has 1 aromatic carbocycles. The number of nitrogens with zero attached hydrogens (tertiary/aromatic N) is 6. The lowest BCUT2D eigenvalue weighted by molar-refractivity contribution is 0.233. The van der Waals surface area contributed by atoms with Crippen molar-refractivity contribution in [3.05, 3.63) is 89.0 Å². The zero-order valence-corrected chi connectivity index (χ0v) is 20.6. The van der Waals surface area contributed by atoms with E-state index in [1.165, 1.54) is 10.1 Å². The molecule has 0 radical (unpaired) electrons. The fourth-order valence-electron chi connectivity index (χ4n) is 4.74. The molecular formula is C28H28N8O. The van der Waals surface area contributed by atoms with Crippen LogP contribution < -0.4 is 16.6 Å². The van der Waals surface area contributed by atoms with E-state index in [9.17, 15) is 4.79 Å². The lowest BCUT2D eigenvalue weighted by Crippen LogP contribution is -2.42. The summed E-state index contributed by atoms with van der Waals surface area (Å²) in [4.78, 5) is 28.9. The van der Waals surface area contributed by atoms with Crippen molar-refractivity contribution in [1.82, 2.24) is 34.3 Å². The van der Waals surface area contributed by atoms with Gasteiger partial charge in [0, 0.05) is 69.5 Å². The Hall–Kier alpha value is -4.34. The van der Waals surface area contributed by atoms with E-state index < -0.39 is 0 Å². The maximum atomic E-state index is 12.3. The summed E-state index contributed by atoms with van der Waals surface area (Å²) in [6, 6.07) is 19.6. The third kappa shape index (κ3) is 4.50. The Balaban J connectivity index is 1.47. The summed E-state index contributed by atoms with van der Waals surface area (Å²) < 4.78 is 3.55. The number of nitrogen functional groups attached to an aromatic ring is 1. The molecule has 4 aromatic heterocycles. The Morgan fingerprint density at radius 2 is 1.81 bits per heavy atom. The number of nitrogens with one attached hydrogen (secondary N) is 1. The third-order valence-electron chi connectivity index (χ3n) is 6.79. The summed E-state index contributed by atoms with van der Waals surface area (Å²) in [6.45, 7) is 5.06. The van der Waals surface area contributed by atoms with E-state index >= 15 is 0 Å². The van der Waals surface area contributed by atoms with E-state index in [4.69, 9.17) is 15.7 Å². The fraction of sp³-hybridized carbons (Fsp3) is 0.214. The normalized spacial score (nSPS) is 14.3. The molecule has 3 N–H and O–H groups in total. The number of fused-ring (bicyclic) bond motifs is 1. The third-order valence-corrected chi connectivity index (χ3v) is 6.79. The predicted molar refractivity (Wildman–Crippen MR) is 145 cm³/mol. The summed E-state index contributed by atoms with van der Waals surface area (Å²) in [7, 11) is 1.73. The topological polar surface area (TPSA) is 107 Å². The lowest BCUT2D eigenvalue weighted by atomic mass is 10.1. The second kappa shape index (κ2) is 9.61. The quantitative estimate of drug-likeness (QED) is 0.389. The Bertz CT molecular complexity index is 1630. The number of anilines is 1. The van der Waals surface area contributed by atoms with Gasteiger partial charge in [0.05, 0.1) is 11.3 Å². The number of aromatic nitrogens is 5. The average Bonchev–Trinajstić information content (AvgIpc) is 3.30. The molecule has 186 valence electrons. The zero-order chi connectivity index (χ0) is 25.4. The first-order chi connectivity index (χ1) is 18.1. The van der Waals surface area contributed by atoms with Crippen molar-refractivity contribution >= 4 is 17.0 Å². The van der Waals surface area contributed by atoms with Crippen LogP contribution in [-0.2, 0) is 13.6 Å². The molecule has 1 fully saturated rings. The second-order valence-corrected chi connectivity index (χ2v) is 9.30. The maximum Gasteiger partial charge on any atom is 0.250 e. The Labute approximate surface area is 214 Å². The molecule has 6 rings (SSSR count). The van der Waals surface area contributed by atoms with E-state index in [1.807, 2.05) is 34.9 Å². The van der Waals surface area contributed by atoms with Gasteiger partial charge in [-0.05, 0) is 48.0 Å². The van der Waals surface area contributed by atoms with Gasteiger partial charge in [-0.3, -0.25) is 14.3 Å². The molecule has 0 atom stereocenters. The minimum absolute atomic E-state index is 0.0863. The predicted octanol–water partition coefficient (Wildman–Crippen LogP) is 2.84. The highest BCUT2D eigenvalue weighted by Crippen LogP contribution is 2.31. The van der Waals surface area contributed by atoms with Crippen LogP contribution in [0, 0.1) is 0 Å². The fourth-order valence-corrected chi connectivity index (χ4v) is 4.74. The van der Waals surface area contributed by atoms with E-state index in [-0.39, 0.29) is 5.56 Å². The number of rotatable bonds is 5. The molecule has 0 spiro atoms. The lowest BCUT2D eigenvalue weighted by Gasteiger charge is -2.27. The second-order valence-electron chi connectivity index (χ2n) is 9.30. The summed E-state index contributed by atoms with van der Waals surface area (Å²) in [5.74, 6) is 1.07. The molecule has 0 unspecified atom stereocenters. The average molecular weight is 493 g/mol. The molecule has 1 aliphatic heterocycles. The van der Waals surface area contributed by atoms with Crippen molar-refractivity contribution in [3.8, 4) is 28.3 Å². The number of hydrogen-bond acceptors (Lipinski definition) is 7. The first kappa shape index (κ1) is 23.1. The number of imidazole rings is 1. The summed E-state index contributed by atoms with van der Waals surface area (Å²) >= 11 is 0. The van der Waals surface area contributed by atoms with Gasteiger partial charge in [-0.2, -0.15) is 0 Å². The highest BCUT2D eigenvalue weighted by Gasteiger charge is 2.19. The van der Waals surface area contributed by atoms with Gasteiger partial charge >= 0.3 is 0 Å². The van der Waals surface area contributed by atoms with Crippen molar-refractivity contribution in [2.24, 2.45) is 7.05 Å². The monoisotopic (exact) mass is 492 g/mol. The number of benzene rings is 1. The number of hydrogen-bond donors (Lipinski definition) is 2. The van der Waals surface area contributed by atoms with E-state index in [1.54, 1.807) is 25.5 Å². The summed E-state index contributed by atoms with van der Waals surface area (Å²) in [5, 5.41) is 3.40. The molecule has 0 amide bonds. The number of aryl methyl sites for hydroxylation is 1. The van der Waals surface area contributed by atoms with Crippen LogP contribution in [-0.4, -0.2) is 55.2 Å². The van der Waals surface area contributed by atoms with Gasteiger partial charge in [-0.25, -0.2) is 15.0 Å². The molecule has 0 aliphatic carbocycles. The van der Waals surface area contributed by atoms with Crippen LogP contribution in [0.25, 0.3) is 39.5 Å². The first-order valence-electron chi connectivity index (χ1n) is 12.4. The molecule has 37 heavy (non-hydrogen) atoms. The molecule has 5 heterocycles. The van der Waals surface area contributed by atoms with Gasteiger partial charge in [-0.1, -0.05) is 12.1 Å². The van der Waals surface area contributed by atoms with Crippen LogP contribution in [0.1, 0.15) is 5.56 Å². The van der Waals surface area contributed by atoms with Gasteiger partial charge in [0.25, 0.3) is 5.56 Å². The summed E-state index contributed by atoms with van der Waals surface area (Å²) in [5.41, 5.74) is 12.0. The number of piperazine rings is 1. The van der Waals surface area contributed by atoms with Crippen molar-refractivity contribution in [3.63, 3.8) is 0 Å². The zero-order valence-electron chi connectivity index (χ0n) is 20.6. The standard InChI is InChI=1S/C28H28N8O/c1-34-14-10-20(17-25(34)37)23-8-9-24-28(32-23)36(27(33-24)22-3-2-11-31-26(22)29)21-6-4-19(5-7-21)18-35-15-12-30-13-16-35/h2-11,14,17,30H,12-13,15-16,18H2,1H3,(H2,29,31). The van der Waals surface area contributed by atoms with Gasteiger partial charge in [-0.15, -0.1) is 0 Å². The van der Waals surface area contributed by atoms with Crippen molar-refractivity contribution < 1.29 is 0 Å². The first-order valence-corrected chi connectivity index (χ1v) is 12.4. The number of nitrogens with two attached hydrogens (primary N) is 1. The van der Waals surface area contributed by atoms with Crippen LogP contribution in [0.2, 0.25) is 0 Å². The van der Waals surface area contributed by atoms with Crippen LogP contribution in [0.15, 0.2) is 77.9 Å². The SMILES string of the molecule is Cn1ccc(-c2ccc3nc(-c4cccnc4N)n(-c4ccc(CN5CCNCC5)cc4)c3n2)cc1=O. The van der Waals surface area contributed by atoms with Crippen molar-refractivity contribution in [2.45, 2.75) is 6.54 Å². The minimum atomic E-state index is -0.0863. The molecule has 0 bridgehead atoms. The number of pyridine rings is 3. The molecule has 1 saturated heterocycles. The Morgan fingerprint density at radius 3 is 2.57 bits per heavy atom. The molecule has 1 aliphatic rings. The highest BCUT2D eigenvalue weighted by molar-refractivity contribution is 5.84. The van der Waals surface area contributed by atoms with Crippen LogP contribution >= 0.6 is 0 Å². The van der Waals surface area contributed by atoms with E-state index in [0.29, 0.717) is 23.0 Å². The van der Waals surface area contributed by atoms with Gasteiger partial charge in [0.15, 0.2) is 11.5 Å². The van der Waals surface area contributed by atoms with E-state index in [0.717, 1.165) is 55.1 Å². The summed E-state index contributed by atoms with van der Waals surface area (Å²) in [6.07, 6.45) is 3.42. The van der Waals surface area contributed by atoms with Crippen molar-refractivity contribution in [1.29, 1.82) is 0 Å². The van der Waals surface area contributed by atoms with Crippen LogP contribution in [0.4, 0.5) is 5.82 Å². The Morgan fingerprint density at radius 1 is 1.00 bits per heavy atom. The minimum Gasteiger partial charge on any atom is -0.383 e. The van der Waals surface area contributed by atoms with Gasteiger partial charge < -0.3 is 15.6 Å². The molecular weight excluding hydrogens is 464 g/mol. The van der Waals surface area contributed by atoms with Gasteiger partial charge in [0.1, 0.15) is 11.3 Å². The molecule has 9 nitrogen and oxygen atoms in total. The van der Waals surface area contributed by atoms with Crippen molar-refractivity contribution in [2.75, 3.05) is 31.9 Å². The van der Waals surface area contributed by atoms with Gasteiger partial charge in [0.2, 0.25) is 0 Å². The molecule has 5 aromatic rings. The molecule has 0 saturated carbocycles. The highest BCUT2D eigenvalue weighted by atomic mass is 16.1. The Kier molecular flexibility index (Phi) is 5.99. The van der Waals surface area contributed by atoms with Crippen LogP contribution in [0.5, 0.6) is 0 Å².